The molecule has 0 aliphatic heterocycles. The number of halogens is 1. The van der Waals surface area contributed by atoms with Crippen LogP contribution in [0, 0.1) is 23.0 Å². The summed E-state index contributed by atoms with van der Waals surface area (Å²) >= 11 is 6.02. The molecule has 0 unspecified atom stereocenters. The number of oxazole rings is 1. The minimum atomic E-state index is -0.862. The van der Waals surface area contributed by atoms with Crippen molar-refractivity contribution in [3.63, 3.8) is 0 Å². The zero-order valence-corrected chi connectivity index (χ0v) is 17.2. The Labute approximate surface area is 176 Å². The topological polar surface area (TPSA) is 127 Å². The summed E-state index contributed by atoms with van der Waals surface area (Å²) in [5.74, 6) is -0.744. The summed E-state index contributed by atoms with van der Waals surface area (Å²) in [6, 6.07) is 7.72. The summed E-state index contributed by atoms with van der Waals surface area (Å²) in [6.07, 6.45) is 0. The van der Waals surface area contributed by atoms with E-state index in [4.69, 9.17) is 16.0 Å². The number of hydrogen-bond acceptors (Lipinski definition) is 6. The van der Waals surface area contributed by atoms with E-state index in [0.717, 1.165) is 6.07 Å². The average molecular weight is 431 g/mol. The van der Waals surface area contributed by atoms with Crippen LogP contribution in [0.15, 0.2) is 40.8 Å². The van der Waals surface area contributed by atoms with Gasteiger partial charge in [0, 0.05) is 24.7 Å². The third-order valence-electron chi connectivity index (χ3n) is 4.41. The number of nitro benzene ring substituents is 1. The third-order valence-corrected chi connectivity index (χ3v) is 4.72. The molecule has 0 aliphatic rings. The molecule has 156 valence electrons. The quantitative estimate of drug-likeness (QED) is 0.447. The summed E-state index contributed by atoms with van der Waals surface area (Å²) in [4.78, 5) is 39.9. The van der Waals surface area contributed by atoms with E-state index < -0.39 is 22.8 Å². The van der Waals surface area contributed by atoms with Gasteiger partial charge in [0.25, 0.3) is 11.6 Å². The molecule has 3 rings (SSSR count). The molecule has 1 atom stereocenters. The predicted molar refractivity (Wildman–Crippen MR) is 112 cm³/mol. The number of nitrogens with one attached hydrogen (secondary N) is 2. The first-order valence-corrected chi connectivity index (χ1v) is 9.46. The standard InChI is InChI=1S/C20H19ClN4O5/c1-10(2)18(24-19(26)14-6-5-13(25(28)29)9-15(14)21)20(27)23-12-4-7-17-16(8-12)22-11(3)30-17/h4-10,18H,1-3H3,(H,23,27)(H,24,26)/t18-/m0/s1. The summed E-state index contributed by atoms with van der Waals surface area (Å²) < 4.78 is 5.41. The molecule has 9 nitrogen and oxygen atoms in total. The molecule has 0 fully saturated rings. The summed E-state index contributed by atoms with van der Waals surface area (Å²) in [6.45, 7) is 5.30. The minimum absolute atomic E-state index is 0.0419. The molecule has 30 heavy (non-hydrogen) atoms. The number of benzene rings is 2. The Balaban J connectivity index is 1.76. The van der Waals surface area contributed by atoms with Crippen molar-refractivity contribution in [2.45, 2.75) is 26.8 Å². The minimum Gasteiger partial charge on any atom is -0.441 e. The number of anilines is 1. The van der Waals surface area contributed by atoms with Crippen LogP contribution < -0.4 is 10.6 Å². The molecule has 2 aromatic carbocycles. The molecule has 0 saturated carbocycles. The first kappa shape index (κ1) is 21.3. The van der Waals surface area contributed by atoms with Gasteiger partial charge < -0.3 is 15.1 Å². The molecule has 1 heterocycles. The van der Waals surface area contributed by atoms with Gasteiger partial charge in [-0.25, -0.2) is 4.98 Å². The molecule has 2 N–H and O–H groups in total. The lowest BCUT2D eigenvalue weighted by atomic mass is 10.0. The second-order valence-corrected chi connectivity index (χ2v) is 7.43. The maximum absolute atomic E-state index is 12.8. The zero-order chi connectivity index (χ0) is 22.0. The molecule has 0 spiro atoms. The molecular formula is C20H19ClN4O5. The Morgan fingerprint density at radius 3 is 2.57 bits per heavy atom. The van der Waals surface area contributed by atoms with E-state index in [1.807, 2.05) is 0 Å². The highest BCUT2D eigenvalue weighted by Gasteiger charge is 2.26. The van der Waals surface area contributed by atoms with Crippen LogP contribution in [0.3, 0.4) is 0 Å². The van der Waals surface area contributed by atoms with Gasteiger partial charge in [0.15, 0.2) is 11.5 Å². The Bertz CT molecular complexity index is 1140. The zero-order valence-electron chi connectivity index (χ0n) is 16.4. The number of hydrogen-bond donors (Lipinski definition) is 2. The van der Waals surface area contributed by atoms with E-state index in [-0.39, 0.29) is 22.2 Å². The fraction of sp³-hybridized carbons (Fsp3) is 0.250. The fourth-order valence-corrected chi connectivity index (χ4v) is 3.16. The van der Waals surface area contributed by atoms with E-state index in [1.165, 1.54) is 12.1 Å². The maximum Gasteiger partial charge on any atom is 0.270 e. The summed E-state index contributed by atoms with van der Waals surface area (Å²) in [5.41, 5.74) is 1.53. The monoisotopic (exact) mass is 430 g/mol. The van der Waals surface area contributed by atoms with Crippen molar-refractivity contribution in [1.82, 2.24) is 10.3 Å². The van der Waals surface area contributed by atoms with Gasteiger partial charge in [-0.2, -0.15) is 0 Å². The van der Waals surface area contributed by atoms with E-state index in [2.05, 4.69) is 15.6 Å². The molecule has 2 amide bonds. The van der Waals surface area contributed by atoms with Crippen molar-refractivity contribution in [2.24, 2.45) is 5.92 Å². The number of aryl methyl sites for hydroxylation is 1. The lowest BCUT2D eigenvalue weighted by Crippen LogP contribution is -2.47. The van der Waals surface area contributed by atoms with Gasteiger partial charge in [-0.1, -0.05) is 25.4 Å². The van der Waals surface area contributed by atoms with Crippen LogP contribution in [-0.2, 0) is 4.79 Å². The Morgan fingerprint density at radius 1 is 1.20 bits per heavy atom. The van der Waals surface area contributed by atoms with Gasteiger partial charge in [0.1, 0.15) is 11.6 Å². The highest BCUT2D eigenvalue weighted by atomic mass is 35.5. The van der Waals surface area contributed by atoms with Crippen LogP contribution in [0.1, 0.15) is 30.1 Å². The van der Waals surface area contributed by atoms with Gasteiger partial charge in [-0.15, -0.1) is 0 Å². The highest BCUT2D eigenvalue weighted by Crippen LogP contribution is 2.23. The van der Waals surface area contributed by atoms with Crippen molar-refractivity contribution in [3.05, 3.63) is 63.0 Å². The number of amides is 2. The number of rotatable bonds is 6. The van der Waals surface area contributed by atoms with E-state index >= 15 is 0 Å². The van der Waals surface area contributed by atoms with Crippen molar-refractivity contribution < 1.29 is 18.9 Å². The van der Waals surface area contributed by atoms with Crippen LogP contribution in [0.4, 0.5) is 11.4 Å². The SMILES string of the molecule is Cc1nc2cc(NC(=O)[C@@H](NC(=O)c3ccc([N+](=O)[O-])cc3Cl)C(C)C)ccc2o1. The number of carbonyl (C=O) groups excluding carboxylic acids is 2. The summed E-state index contributed by atoms with van der Waals surface area (Å²) in [7, 11) is 0. The van der Waals surface area contributed by atoms with E-state index in [1.54, 1.807) is 39.0 Å². The molecule has 0 radical (unpaired) electrons. The van der Waals surface area contributed by atoms with Crippen LogP contribution in [0.25, 0.3) is 11.1 Å². The van der Waals surface area contributed by atoms with Crippen molar-refractivity contribution >= 4 is 45.9 Å². The van der Waals surface area contributed by atoms with Gasteiger partial charge in [0.2, 0.25) is 5.91 Å². The second kappa shape index (κ2) is 8.50. The molecule has 0 bridgehead atoms. The number of nitro groups is 1. The molecule has 3 aromatic rings. The third kappa shape index (κ3) is 4.57. The average Bonchev–Trinajstić information content (AvgIpc) is 3.04. The van der Waals surface area contributed by atoms with E-state index in [0.29, 0.717) is 22.7 Å². The van der Waals surface area contributed by atoms with Crippen LogP contribution in [-0.4, -0.2) is 27.8 Å². The number of carbonyl (C=O) groups is 2. The predicted octanol–water partition coefficient (Wildman–Crippen LogP) is 4.09. The van der Waals surface area contributed by atoms with Crippen LogP contribution in [0.5, 0.6) is 0 Å². The molecule has 10 heteroatoms. The molecule has 0 saturated heterocycles. The Kier molecular flexibility index (Phi) is 6.02. The first-order valence-electron chi connectivity index (χ1n) is 9.08. The van der Waals surface area contributed by atoms with Crippen LogP contribution in [0.2, 0.25) is 5.02 Å². The molecule has 0 aliphatic carbocycles. The van der Waals surface area contributed by atoms with Crippen molar-refractivity contribution in [2.75, 3.05) is 5.32 Å². The second-order valence-electron chi connectivity index (χ2n) is 7.02. The van der Waals surface area contributed by atoms with Gasteiger partial charge in [-0.05, 0) is 30.2 Å². The summed E-state index contributed by atoms with van der Waals surface area (Å²) in [5, 5.41) is 16.2. The lowest BCUT2D eigenvalue weighted by molar-refractivity contribution is -0.384. The fourth-order valence-electron chi connectivity index (χ4n) is 2.90. The number of fused-ring (bicyclic) bond motifs is 1. The highest BCUT2D eigenvalue weighted by molar-refractivity contribution is 6.34. The maximum atomic E-state index is 12.8. The van der Waals surface area contributed by atoms with Gasteiger partial charge in [0.05, 0.1) is 15.5 Å². The van der Waals surface area contributed by atoms with Crippen molar-refractivity contribution in [1.29, 1.82) is 0 Å². The number of nitrogens with zero attached hydrogens (tertiary/aromatic N) is 2. The molecule has 1 aromatic heterocycles. The largest absolute Gasteiger partial charge is 0.441 e. The normalized spacial score (nSPS) is 12.0. The van der Waals surface area contributed by atoms with Gasteiger partial charge >= 0.3 is 0 Å². The van der Waals surface area contributed by atoms with Crippen molar-refractivity contribution in [3.8, 4) is 0 Å². The number of aromatic nitrogens is 1. The number of non-ortho nitro benzene ring substituents is 1. The Morgan fingerprint density at radius 2 is 1.93 bits per heavy atom. The van der Waals surface area contributed by atoms with Crippen LogP contribution >= 0.6 is 11.6 Å². The lowest BCUT2D eigenvalue weighted by Gasteiger charge is -2.22. The van der Waals surface area contributed by atoms with E-state index in [9.17, 15) is 19.7 Å². The first-order chi connectivity index (χ1) is 14.2. The van der Waals surface area contributed by atoms with Gasteiger partial charge in [-0.3, -0.25) is 19.7 Å². The smallest absolute Gasteiger partial charge is 0.270 e. The molecular weight excluding hydrogens is 412 g/mol. The Hall–Kier alpha value is -3.46.